The average molecular weight is 479 g/mol. The molecule has 0 unspecified atom stereocenters. The Labute approximate surface area is 199 Å². The first-order valence-electron chi connectivity index (χ1n) is 11.2. The first kappa shape index (κ1) is 22.6. The van der Waals surface area contributed by atoms with Crippen LogP contribution in [0.1, 0.15) is 34.5 Å². The van der Waals surface area contributed by atoms with Gasteiger partial charge in [-0.15, -0.1) is 0 Å². The Balaban J connectivity index is 1.31. The number of rotatable bonds is 7. The fraction of sp³-hybridized carbons (Fsp3) is 0.231. The number of hydrogen-bond donors (Lipinski definition) is 2. The summed E-state index contributed by atoms with van der Waals surface area (Å²) < 4.78 is 35.4. The van der Waals surface area contributed by atoms with Gasteiger partial charge in [0.2, 0.25) is 11.2 Å². The maximum absolute atomic E-state index is 14.6. The van der Waals surface area contributed by atoms with Crippen molar-refractivity contribution >= 4 is 5.91 Å². The first-order valence-corrected chi connectivity index (χ1v) is 11.2. The summed E-state index contributed by atoms with van der Waals surface area (Å²) in [4.78, 5) is 26.4. The van der Waals surface area contributed by atoms with Crippen molar-refractivity contribution in [1.29, 1.82) is 0 Å². The molecule has 1 aromatic heterocycles. The number of aromatic nitrogens is 1. The molecule has 180 valence electrons. The smallest absolute Gasteiger partial charge is 0.278 e. The van der Waals surface area contributed by atoms with Crippen LogP contribution in [-0.2, 0) is 6.42 Å². The topological polar surface area (TPSA) is 83.8 Å². The molecule has 2 aliphatic rings. The molecule has 0 bridgehead atoms. The van der Waals surface area contributed by atoms with Crippen LogP contribution in [0.4, 0.5) is 8.78 Å². The van der Waals surface area contributed by atoms with Gasteiger partial charge in [-0.2, -0.15) is 4.39 Å². The summed E-state index contributed by atoms with van der Waals surface area (Å²) in [6, 6.07) is 13.2. The molecular formula is C26H23F2N3O4. The van der Waals surface area contributed by atoms with Gasteiger partial charge in [-0.25, -0.2) is 4.39 Å². The van der Waals surface area contributed by atoms with Gasteiger partial charge >= 0.3 is 0 Å². The van der Waals surface area contributed by atoms with Crippen LogP contribution in [-0.4, -0.2) is 39.4 Å². The number of carbonyl (C=O) groups is 1. The third-order valence-electron chi connectivity index (χ3n) is 6.34. The highest BCUT2D eigenvalue weighted by molar-refractivity contribution is 5.97. The van der Waals surface area contributed by atoms with E-state index in [1.807, 2.05) is 30.3 Å². The first-order chi connectivity index (χ1) is 16.9. The fourth-order valence-electron chi connectivity index (χ4n) is 4.31. The van der Waals surface area contributed by atoms with Gasteiger partial charge in [-0.3, -0.25) is 14.3 Å². The molecule has 5 rings (SSSR count). The quantitative estimate of drug-likeness (QED) is 0.507. The fourth-order valence-corrected chi connectivity index (χ4v) is 4.31. The minimum Gasteiger partial charge on any atom is -0.502 e. The van der Waals surface area contributed by atoms with E-state index in [2.05, 4.69) is 5.43 Å². The number of halogens is 2. The molecule has 2 aromatic carbocycles. The van der Waals surface area contributed by atoms with Gasteiger partial charge in [-0.1, -0.05) is 42.5 Å². The van der Waals surface area contributed by atoms with Crippen LogP contribution >= 0.6 is 0 Å². The summed E-state index contributed by atoms with van der Waals surface area (Å²) in [5.41, 5.74) is 3.09. The van der Waals surface area contributed by atoms with E-state index in [0.717, 1.165) is 11.6 Å². The molecule has 1 amide bonds. The lowest BCUT2D eigenvalue weighted by molar-refractivity contribution is 0.0657. The van der Waals surface area contributed by atoms with Crippen molar-refractivity contribution in [2.75, 3.05) is 18.7 Å². The second-order valence-corrected chi connectivity index (χ2v) is 8.63. The highest BCUT2D eigenvalue weighted by atomic mass is 19.2. The van der Waals surface area contributed by atoms with Crippen LogP contribution in [0.25, 0.3) is 0 Å². The van der Waals surface area contributed by atoms with Crippen molar-refractivity contribution in [1.82, 2.24) is 9.58 Å². The third-order valence-corrected chi connectivity index (χ3v) is 6.34. The van der Waals surface area contributed by atoms with Gasteiger partial charge in [0, 0.05) is 24.2 Å². The van der Waals surface area contributed by atoms with Crippen molar-refractivity contribution in [2.45, 2.75) is 24.8 Å². The number of pyridine rings is 1. The predicted octanol–water partition coefficient (Wildman–Crippen LogP) is 3.55. The standard InChI is InChI=1S/C26H23F2N3O4/c27-19-8-7-18(15-17-5-2-1-3-6-17)24(21(19)28)35-14-4-10-26(11-12-26)30-16-29-31-13-9-20(32)23(33)22(31)25(30)34/h1-10,13,29,33H,11-12,14-16H2/b10-4+. The number of fused-ring (bicyclic) bond motifs is 1. The van der Waals surface area contributed by atoms with E-state index in [4.69, 9.17) is 4.74 Å². The number of carbonyl (C=O) groups excluding carboxylic acids is 1. The SMILES string of the molecule is O=C1c2c(O)c(=O)ccn2NCN1C1(/C=C/COc2c(Cc3ccccc3)ccc(F)c2F)CC1. The average Bonchev–Trinajstić information content (AvgIpc) is 3.64. The maximum atomic E-state index is 14.6. The summed E-state index contributed by atoms with van der Waals surface area (Å²) in [5.74, 6) is -3.25. The van der Waals surface area contributed by atoms with Crippen LogP contribution in [0.2, 0.25) is 0 Å². The van der Waals surface area contributed by atoms with Crippen molar-refractivity contribution in [3.63, 3.8) is 0 Å². The van der Waals surface area contributed by atoms with Gasteiger partial charge < -0.3 is 20.2 Å². The summed E-state index contributed by atoms with van der Waals surface area (Å²) in [6.07, 6.45) is 6.62. The molecule has 1 aliphatic heterocycles. The number of aromatic hydroxyl groups is 1. The molecule has 35 heavy (non-hydrogen) atoms. The normalized spacial score (nSPS) is 16.2. The molecule has 9 heteroatoms. The number of amides is 1. The Morgan fingerprint density at radius 3 is 2.60 bits per heavy atom. The zero-order valence-corrected chi connectivity index (χ0v) is 18.7. The van der Waals surface area contributed by atoms with Crippen molar-refractivity contribution in [3.8, 4) is 11.5 Å². The lowest BCUT2D eigenvalue weighted by atomic mass is 10.0. The highest BCUT2D eigenvalue weighted by Gasteiger charge is 2.50. The van der Waals surface area contributed by atoms with Crippen molar-refractivity contribution < 1.29 is 23.4 Å². The Morgan fingerprint density at radius 1 is 1.09 bits per heavy atom. The van der Waals surface area contributed by atoms with E-state index in [0.29, 0.717) is 24.8 Å². The van der Waals surface area contributed by atoms with Gasteiger partial charge in [0.25, 0.3) is 5.91 Å². The van der Waals surface area contributed by atoms with E-state index in [1.54, 1.807) is 17.1 Å². The molecule has 3 aromatic rings. The zero-order chi connectivity index (χ0) is 24.6. The maximum Gasteiger partial charge on any atom is 0.278 e. The van der Waals surface area contributed by atoms with Crippen molar-refractivity contribution in [2.24, 2.45) is 0 Å². The molecule has 1 aliphatic carbocycles. The van der Waals surface area contributed by atoms with Gasteiger partial charge in [0.1, 0.15) is 13.3 Å². The second-order valence-electron chi connectivity index (χ2n) is 8.63. The van der Waals surface area contributed by atoms with Crippen LogP contribution in [0.5, 0.6) is 11.5 Å². The summed E-state index contributed by atoms with van der Waals surface area (Å²) in [7, 11) is 0. The minimum atomic E-state index is -1.04. The van der Waals surface area contributed by atoms with Crippen LogP contribution in [0, 0.1) is 11.6 Å². The number of nitrogens with one attached hydrogen (secondary N) is 1. The lowest BCUT2D eigenvalue weighted by Gasteiger charge is -2.36. The zero-order valence-electron chi connectivity index (χ0n) is 18.7. The molecule has 0 atom stereocenters. The Morgan fingerprint density at radius 2 is 1.86 bits per heavy atom. The molecule has 7 nitrogen and oxygen atoms in total. The van der Waals surface area contributed by atoms with E-state index < -0.39 is 34.3 Å². The number of hydrogen-bond acceptors (Lipinski definition) is 5. The van der Waals surface area contributed by atoms with Crippen LogP contribution in [0.3, 0.4) is 0 Å². The van der Waals surface area contributed by atoms with E-state index in [-0.39, 0.29) is 24.7 Å². The predicted molar refractivity (Wildman–Crippen MR) is 125 cm³/mol. The van der Waals surface area contributed by atoms with Crippen LogP contribution in [0.15, 0.2) is 71.7 Å². The molecule has 0 spiro atoms. The van der Waals surface area contributed by atoms with Crippen molar-refractivity contribution in [3.05, 3.63) is 106 Å². The number of ether oxygens (including phenoxy) is 1. The van der Waals surface area contributed by atoms with Crippen LogP contribution < -0.4 is 15.6 Å². The van der Waals surface area contributed by atoms with E-state index >= 15 is 0 Å². The summed E-state index contributed by atoms with van der Waals surface area (Å²) in [5, 5.41) is 10.1. The minimum absolute atomic E-state index is 0.0271. The molecule has 2 N–H and O–H groups in total. The van der Waals surface area contributed by atoms with Gasteiger partial charge in [-0.05, 0) is 30.5 Å². The molecule has 0 saturated heterocycles. The Hall–Kier alpha value is -4.14. The lowest BCUT2D eigenvalue weighted by Crippen LogP contribution is -2.51. The molecule has 1 saturated carbocycles. The molecule has 2 heterocycles. The molecule has 1 fully saturated rings. The van der Waals surface area contributed by atoms with E-state index in [1.165, 1.54) is 23.0 Å². The Kier molecular flexibility index (Phi) is 5.76. The Bertz CT molecular complexity index is 1370. The molecule has 0 radical (unpaired) electrons. The van der Waals surface area contributed by atoms with Gasteiger partial charge in [0.05, 0.1) is 5.54 Å². The monoisotopic (exact) mass is 479 g/mol. The molecular weight excluding hydrogens is 456 g/mol. The highest BCUT2D eigenvalue weighted by Crippen LogP contribution is 2.44. The van der Waals surface area contributed by atoms with Gasteiger partial charge in [0.15, 0.2) is 23.0 Å². The number of benzene rings is 2. The second kappa shape index (κ2) is 8.90. The summed E-state index contributed by atoms with van der Waals surface area (Å²) >= 11 is 0. The van der Waals surface area contributed by atoms with E-state index in [9.17, 15) is 23.5 Å². The summed E-state index contributed by atoms with van der Waals surface area (Å²) in [6.45, 7) is 0.153. The number of nitrogens with zero attached hydrogens (tertiary/aromatic N) is 2. The largest absolute Gasteiger partial charge is 0.502 e. The third kappa shape index (κ3) is 4.25.